The van der Waals surface area contributed by atoms with Crippen LogP contribution in [0.4, 0.5) is 0 Å². The molecule has 0 aliphatic carbocycles. The first-order chi connectivity index (χ1) is 13.1. The van der Waals surface area contributed by atoms with Crippen LogP contribution < -0.4 is 0 Å². The minimum absolute atomic E-state index is 0.285. The van der Waals surface area contributed by atoms with E-state index in [9.17, 15) is 13.5 Å². The monoisotopic (exact) mass is 382 g/mol. The van der Waals surface area contributed by atoms with Gasteiger partial charge in [0.1, 0.15) is 5.75 Å². The molecule has 1 heterocycles. The molecule has 1 saturated heterocycles. The molecule has 0 saturated carbocycles. The second-order valence-electron chi connectivity index (χ2n) is 6.78. The Balaban J connectivity index is 1.49. The van der Waals surface area contributed by atoms with Crippen molar-refractivity contribution in [3.8, 4) is 5.75 Å². The molecule has 0 atom stereocenters. The van der Waals surface area contributed by atoms with Crippen LogP contribution in [0, 0.1) is 0 Å². The number of phenols is 1. The second kappa shape index (κ2) is 7.31. The van der Waals surface area contributed by atoms with E-state index in [4.69, 9.17) is 0 Å². The molecule has 140 valence electrons. The SMILES string of the molecule is O=S(=O)(c1ccccc1)N1CCN(Cc2c(O)ccc3ccccc23)CC1. The minimum Gasteiger partial charge on any atom is -0.508 e. The van der Waals surface area contributed by atoms with Gasteiger partial charge in [-0.2, -0.15) is 4.31 Å². The summed E-state index contributed by atoms with van der Waals surface area (Å²) in [4.78, 5) is 2.53. The fourth-order valence-corrected chi connectivity index (χ4v) is 5.03. The van der Waals surface area contributed by atoms with Crippen molar-refractivity contribution in [2.75, 3.05) is 26.2 Å². The maximum absolute atomic E-state index is 12.7. The molecule has 4 rings (SSSR count). The number of aromatic hydroxyl groups is 1. The zero-order chi connectivity index (χ0) is 18.9. The van der Waals surface area contributed by atoms with Crippen molar-refractivity contribution in [2.24, 2.45) is 0 Å². The maximum Gasteiger partial charge on any atom is 0.243 e. The molecule has 0 unspecified atom stereocenters. The summed E-state index contributed by atoms with van der Waals surface area (Å²) < 4.78 is 27.0. The van der Waals surface area contributed by atoms with Crippen molar-refractivity contribution in [1.82, 2.24) is 9.21 Å². The minimum atomic E-state index is -3.44. The summed E-state index contributed by atoms with van der Waals surface area (Å²) in [6, 6.07) is 20.2. The van der Waals surface area contributed by atoms with Crippen LogP contribution in [-0.2, 0) is 16.6 Å². The first-order valence-corrected chi connectivity index (χ1v) is 10.5. The summed E-state index contributed by atoms with van der Waals surface area (Å²) in [5, 5.41) is 12.5. The van der Waals surface area contributed by atoms with Gasteiger partial charge in [0.15, 0.2) is 0 Å². The summed E-state index contributed by atoms with van der Waals surface area (Å²) in [6.07, 6.45) is 0. The van der Waals surface area contributed by atoms with Gasteiger partial charge < -0.3 is 5.11 Å². The van der Waals surface area contributed by atoms with Crippen LogP contribution >= 0.6 is 0 Å². The number of phenolic OH excluding ortho intramolecular Hbond substituents is 1. The van der Waals surface area contributed by atoms with E-state index in [-0.39, 0.29) is 5.75 Å². The number of benzene rings is 3. The molecule has 1 N–H and O–H groups in total. The van der Waals surface area contributed by atoms with Gasteiger partial charge in [0.2, 0.25) is 10.0 Å². The van der Waals surface area contributed by atoms with Gasteiger partial charge in [-0.1, -0.05) is 48.5 Å². The van der Waals surface area contributed by atoms with E-state index < -0.39 is 10.0 Å². The maximum atomic E-state index is 12.7. The number of rotatable bonds is 4. The van der Waals surface area contributed by atoms with Crippen LogP contribution in [0.15, 0.2) is 71.6 Å². The van der Waals surface area contributed by atoms with Gasteiger partial charge in [-0.3, -0.25) is 4.90 Å². The predicted molar refractivity (Wildman–Crippen MR) is 106 cm³/mol. The van der Waals surface area contributed by atoms with E-state index >= 15 is 0 Å². The van der Waals surface area contributed by atoms with Crippen LogP contribution in [0.2, 0.25) is 0 Å². The molecular formula is C21H22N2O3S. The molecule has 6 heteroatoms. The molecular weight excluding hydrogens is 360 g/mol. The fraction of sp³-hybridized carbons (Fsp3) is 0.238. The van der Waals surface area contributed by atoms with Gasteiger partial charge in [0, 0.05) is 38.3 Å². The highest BCUT2D eigenvalue weighted by molar-refractivity contribution is 7.89. The van der Waals surface area contributed by atoms with Crippen LogP contribution in [0.1, 0.15) is 5.56 Å². The van der Waals surface area contributed by atoms with E-state index in [0.29, 0.717) is 37.6 Å². The van der Waals surface area contributed by atoms with Crippen LogP contribution in [0.25, 0.3) is 10.8 Å². The normalized spacial score (nSPS) is 16.6. The summed E-state index contributed by atoms with van der Waals surface area (Å²) in [5.74, 6) is 0.285. The lowest BCUT2D eigenvalue weighted by Crippen LogP contribution is -2.48. The second-order valence-corrected chi connectivity index (χ2v) is 8.72. The molecule has 5 nitrogen and oxygen atoms in total. The van der Waals surface area contributed by atoms with Gasteiger partial charge in [0.05, 0.1) is 4.90 Å². The molecule has 1 aliphatic rings. The number of hydrogen-bond acceptors (Lipinski definition) is 4. The Kier molecular flexibility index (Phi) is 4.86. The highest BCUT2D eigenvalue weighted by Crippen LogP contribution is 2.29. The number of nitrogens with zero attached hydrogens (tertiary/aromatic N) is 2. The van der Waals surface area contributed by atoms with Crippen molar-refractivity contribution >= 4 is 20.8 Å². The smallest absolute Gasteiger partial charge is 0.243 e. The third-order valence-electron chi connectivity index (χ3n) is 5.11. The number of piperazine rings is 1. The Morgan fingerprint density at radius 2 is 1.48 bits per heavy atom. The Labute approximate surface area is 159 Å². The Morgan fingerprint density at radius 1 is 0.815 bits per heavy atom. The van der Waals surface area contributed by atoms with Gasteiger partial charge in [-0.15, -0.1) is 0 Å². The van der Waals surface area contributed by atoms with Crippen LogP contribution in [0.5, 0.6) is 5.75 Å². The highest BCUT2D eigenvalue weighted by Gasteiger charge is 2.28. The lowest BCUT2D eigenvalue weighted by atomic mass is 10.0. The molecule has 3 aromatic carbocycles. The summed E-state index contributed by atoms with van der Waals surface area (Å²) >= 11 is 0. The third kappa shape index (κ3) is 3.56. The van der Waals surface area contributed by atoms with E-state index in [0.717, 1.165) is 16.3 Å². The predicted octanol–water partition coefficient (Wildman–Crippen LogP) is 3.05. The van der Waals surface area contributed by atoms with E-state index in [1.807, 2.05) is 36.4 Å². The number of sulfonamides is 1. The van der Waals surface area contributed by atoms with Gasteiger partial charge in [-0.25, -0.2) is 8.42 Å². The summed E-state index contributed by atoms with van der Waals surface area (Å²) in [6.45, 7) is 2.77. The van der Waals surface area contributed by atoms with Crippen molar-refractivity contribution in [3.63, 3.8) is 0 Å². The van der Waals surface area contributed by atoms with Gasteiger partial charge in [-0.05, 0) is 29.0 Å². The molecule has 0 radical (unpaired) electrons. The van der Waals surface area contributed by atoms with Gasteiger partial charge in [0.25, 0.3) is 0 Å². The molecule has 1 fully saturated rings. The van der Waals surface area contributed by atoms with Crippen LogP contribution in [-0.4, -0.2) is 48.9 Å². The molecule has 0 spiro atoms. The largest absolute Gasteiger partial charge is 0.508 e. The Bertz CT molecular complexity index is 1040. The lowest BCUT2D eigenvalue weighted by molar-refractivity contribution is 0.180. The first-order valence-electron chi connectivity index (χ1n) is 9.03. The van der Waals surface area contributed by atoms with Crippen molar-refractivity contribution in [2.45, 2.75) is 11.4 Å². The van der Waals surface area contributed by atoms with Crippen molar-refractivity contribution in [3.05, 3.63) is 72.3 Å². The highest BCUT2D eigenvalue weighted by atomic mass is 32.2. The fourth-order valence-electron chi connectivity index (χ4n) is 3.58. The standard InChI is InChI=1S/C21H22N2O3S/c24-21-11-10-17-6-4-5-9-19(17)20(21)16-22-12-14-23(15-13-22)27(25,26)18-7-2-1-3-8-18/h1-11,24H,12-16H2. The quantitative estimate of drug-likeness (QED) is 0.753. The Morgan fingerprint density at radius 3 is 2.22 bits per heavy atom. The molecule has 0 aromatic heterocycles. The molecule has 1 aliphatic heterocycles. The topological polar surface area (TPSA) is 60.9 Å². The molecule has 0 bridgehead atoms. The number of fused-ring (bicyclic) bond motifs is 1. The average Bonchev–Trinajstić information content (AvgIpc) is 2.71. The van der Waals surface area contributed by atoms with Crippen molar-refractivity contribution in [1.29, 1.82) is 0 Å². The zero-order valence-electron chi connectivity index (χ0n) is 15.0. The molecule has 27 heavy (non-hydrogen) atoms. The van der Waals surface area contributed by atoms with Gasteiger partial charge >= 0.3 is 0 Å². The van der Waals surface area contributed by atoms with E-state index in [1.165, 1.54) is 0 Å². The number of hydrogen-bond donors (Lipinski definition) is 1. The molecule has 0 amide bonds. The van der Waals surface area contributed by atoms with Crippen LogP contribution in [0.3, 0.4) is 0 Å². The molecule has 3 aromatic rings. The Hall–Kier alpha value is -2.41. The zero-order valence-corrected chi connectivity index (χ0v) is 15.8. The van der Waals surface area contributed by atoms with Crippen molar-refractivity contribution < 1.29 is 13.5 Å². The summed E-state index contributed by atoms with van der Waals surface area (Å²) in [7, 11) is -3.44. The average molecular weight is 382 g/mol. The van der Waals surface area contributed by atoms with E-state index in [1.54, 1.807) is 34.6 Å². The first kappa shape index (κ1) is 18.0. The van der Waals surface area contributed by atoms with E-state index in [2.05, 4.69) is 4.90 Å². The lowest BCUT2D eigenvalue weighted by Gasteiger charge is -2.34. The third-order valence-corrected chi connectivity index (χ3v) is 7.02. The summed E-state index contributed by atoms with van der Waals surface area (Å²) in [5.41, 5.74) is 0.896.